The van der Waals surface area contributed by atoms with Crippen LogP contribution < -0.4 is 15.5 Å². The van der Waals surface area contributed by atoms with E-state index in [9.17, 15) is 18.0 Å². The van der Waals surface area contributed by atoms with Crippen molar-refractivity contribution in [1.29, 1.82) is 0 Å². The summed E-state index contributed by atoms with van der Waals surface area (Å²) in [6.07, 6.45) is -4.40. The lowest BCUT2D eigenvalue weighted by atomic mass is 10.1. The van der Waals surface area contributed by atoms with E-state index in [0.29, 0.717) is 19.6 Å². The minimum atomic E-state index is -4.40. The maximum Gasteiger partial charge on any atom is 0.405 e. The van der Waals surface area contributed by atoms with Crippen LogP contribution in [0, 0.1) is 0 Å². The molecule has 0 aromatic heterocycles. The van der Waals surface area contributed by atoms with Crippen LogP contribution in [0.25, 0.3) is 0 Å². The van der Waals surface area contributed by atoms with E-state index < -0.39 is 24.7 Å². The van der Waals surface area contributed by atoms with Gasteiger partial charge in [-0.25, -0.2) is 0 Å². The summed E-state index contributed by atoms with van der Waals surface area (Å²) in [7, 11) is 0. The molecule has 1 amide bonds. The fraction of sp³-hybridized carbons (Fsp3) is 0.500. The zero-order chi connectivity index (χ0) is 15.5. The molecule has 0 aliphatic carbocycles. The topological polar surface area (TPSA) is 44.4 Å². The molecule has 4 nitrogen and oxygen atoms in total. The summed E-state index contributed by atoms with van der Waals surface area (Å²) >= 11 is 0. The summed E-state index contributed by atoms with van der Waals surface area (Å²) in [6.45, 7) is 2.24. The van der Waals surface area contributed by atoms with Gasteiger partial charge in [-0.1, -0.05) is 18.2 Å². The molecule has 1 unspecified atom stereocenters. The Labute approximate surface area is 133 Å². The molecule has 0 radical (unpaired) electrons. The number of fused-ring (bicyclic) bond motifs is 1. The Bertz CT molecular complexity index is 510. The maximum absolute atomic E-state index is 12.2. The normalized spacial score (nSPS) is 16.1. The molecule has 2 N–H and O–H groups in total. The number of carbonyl (C=O) groups is 1. The first-order valence-electron chi connectivity index (χ1n) is 6.78. The minimum absolute atomic E-state index is 0. The van der Waals surface area contributed by atoms with Gasteiger partial charge in [0.05, 0.1) is 0 Å². The SMILES string of the molecule is CC(C(=O)NCC(F)(F)F)N1CCNCc2ccccc21.Cl. The zero-order valence-corrected chi connectivity index (χ0v) is 12.9. The van der Waals surface area contributed by atoms with Crippen LogP contribution in [0.5, 0.6) is 0 Å². The monoisotopic (exact) mass is 337 g/mol. The van der Waals surface area contributed by atoms with E-state index in [-0.39, 0.29) is 12.4 Å². The zero-order valence-electron chi connectivity index (χ0n) is 12.1. The highest BCUT2D eigenvalue weighted by Gasteiger charge is 2.30. The van der Waals surface area contributed by atoms with Gasteiger partial charge in [-0.2, -0.15) is 13.2 Å². The van der Waals surface area contributed by atoms with Gasteiger partial charge in [0.15, 0.2) is 0 Å². The molecular weight excluding hydrogens is 319 g/mol. The smallest absolute Gasteiger partial charge is 0.358 e. The molecule has 0 fully saturated rings. The highest BCUT2D eigenvalue weighted by molar-refractivity contribution is 5.85. The molecule has 1 heterocycles. The Balaban J connectivity index is 0.00000242. The van der Waals surface area contributed by atoms with Gasteiger partial charge in [0.25, 0.3) is 0 Å². The summed E-state index contributed by atoms with van der Waals surface area (Å²) in [4.78, 5) is 13.8. The predicted octanol–water partition coefficient (Wildman–Crippen LogP) is 2.08. The van der Waals surface area contributed by atoms with Gasteiger partial charge in [-0.3, -0.25) is 4.79 Å². The number of benzene rings is 1. The van der Waals surface area contributed by atoms with Crippen LogP contribution in [0.1, 0.15) is 12.5 Å². The Morgan fingerprint density at radius 3 is 2.77 bits per heavy atom. The molecular formula is C14H19ClF3N3O. The number of amides is 1. The highest BCUT2D eigenvalue weighted by Crippen LogP contribution is 2.24. The standard InChI is InChI=1S/C14H18F3N3O.ClH/c1-10(13(21)19-9-14(15,16)17)20-7-6-18-8-11-4-2-3-5-12(11)20;/h2-5,10,18H,6-9H2,1H3,(H,19,21);1H. The molecule has 124 valence electrons. The Kier molecular flexibility index (Phi) is 6.49. The number of anilines is 1. The first-order valence-corrected chi connectivity index (χ1v) is 6.78. The molecule has 8 heteroatoms. The van der Waals surface area contributed by atoms with Crippen LogP contribution in [0.3, 0.4) is 0 Å². The van der Waals surface area contributed by atoms with Crippen molar-refractivity contribution in [2.45, 2.75) is 25.7 Å². The van der Waals surface area contributed by atoms with Gasteiger partial charge in [-0.05, 0) is 18.6 Å². The molecule has 0 spiro atoms. The van der Waals surface area contributed by atoms with Crippen LogP contribution in [-0.4, -0.2) is 37.8 Å². The fourth-order valence-electron chi connectivity index (χ4n) is 2.36. The van der Waals surface area contributed by atoms with Gasteiger partial charge in [0.2, 0.25) is 5.91 Å². The van der Waals surface area contributed by atoms with Crippen LogP contribution in [-0.2, 0) is 11.3 Å². The van der Waals surface area contributed by atoms with Crippen molar-refractivity contribution in [2.75, 3.05) is 24.5 Å². The molecule has 1 aromatic carbocycles. The number of nitrogens with one attached hydrogen (secondary N) is 2. The van der Waals surface area contributed by atoms with Gasteiger partial charge >= 0.3 is 6.18 Å². The van der Waals surface area contributed by atoms with E-state index in [1.807, 2.05) is 34.5 Å². The number of hydrogen-bond acceptors (Lipinski definition) is 3. The van der Waals surface area contributed by atoms with E-state index in [1.54, 1.807) is 6.92 Å². The molecule has 2 rings (SSSR count). The molecule has 1 aliphatic rings. The number of alkyl halides is 3. The van der Waals surface area contributed by atoms with E-state index >= 15 is 0 Å². The first-order chi connectivity index (χ1) is 9.88. The van der Waals surface area contributed by atoms with Crippen LogP contribution in [0.4, 0.5) is 18.9 Å². The van der Waals surface area contributed by atoms with E-state index in [0.717, 1.165) is 11.3 Å². The fourth-order valence-corrected chi connectivity index (χ4v) is 2.36. The van der Waals surface area contributed by atoms with E-state index in [1.165, 1.54) is 0 Å². The third-order valence-electron chi connectivity index (χ3n) is 3.46. The van der Waals surface area contributed by atoms with Crippen molar-refractivity contribution in [1.82, 2.24) is 10.6 Å². The summed E-state index contributed by atoms with van der Waals surface area (Å²) in [5, 5.41) is 5.17. The van der Waals surface area contributed by atoms with Crippen molar-refractivity contribution in [2.24, 2.45) is 0 Å². The van der Waals surface area contributed by atoms with E-state index in [4.69, 9.17) is 0 Å². The Morgan fingerprint density at radius 1 is 1.41 bits per heavy atom. The quantitative estimate of drug-likeness (QED) is 0.887. The number of nitrogens with zero attached hydrogens (tertiary/aromatic N) is 1. The molecule has 0 saturated carbocycles. The lowest BCUT2D eigenvalue weighted by Crippen LogP contribution is -2.48. The van der Waals surface area contributed by atoms with Gasteiger partial charge in [-0.15, -0.1) is 12.4 Å². The molecule has 1 aliphatic heterocycles. The van der Waals surface area contributed by atoms with Gasteiger partial charge in [0.1, 0.15) is 12.6 Å². The molecule has 1 aromatic rings. The Hall–Kier alpha value is -1.47. The largest absolute Gasteiger partial charge is 0.405 e. The second kappa shape index (κ2) is 7.69. The number of carbonyl (C=O) groups excluding carboxylic acids is 1. The average Bonchev–Trinajstić information content (AvgIpc) is 2.65. The summed E-state index contributed by atoms with van der Waals surface area (Å²) in [5.41, 5.74) is 1.92. The van der Waals surface area contributed by atoms with E-state index in [2.05, 4.69) is 5.32 Å². The maximum atomic E-state index is 12.2. The third kappa shape index (κ3) is 4.78. The van der Waals surface area contributed by atoms with Crippen molar-refractivity contribution < 1.29 is 18.0 Å². The second-order valence-electron chi connectivity index (χ2n) is 5.01. The van der Waals surface area contributed by atoms with Gasteiger partial charge in [0, 0.05) is 25.3 Å². The van der Waals surface area contributed by atoms with Crippen molar-refractivity contribution >= 4 is 24.0 Å². The van der Waals surface area contributed by atoms with Crippen LogP contribution >= 0.6 is 12.4 Å². The first kappa shape index (κ1) is 18.6. The molecule has 0 saturated heterocycles. The molecule has 1 atom stereocenters. The lowest BCUT2D eigenvalue weighted by Gasteiger charge is -2.30. The van der Waals surface area contributed by atoms with Crippen LogP contribution in [0.15, 0.2) is 24.3 Å². The lowest BCUT2D eigenvalue weighted by molar-refractivity contribution is -0.138. The predicted molar refractivity (Wildman–Crippen MR) is 81.3 cm³/mol. The number of para-hydroxylation sites is 1. The average molecular weight is 338 g/mol. The number of rotatable bonds is 3. The van der Waals surface area contributed by atoms with Crippen molar-refractivity contribution in [3.8, 4) is 0 Å². The van der Waals surface area contributed by atoms with Crippen molar-refractivity contribution in [3.63, 3.8) is 0 Å². The summed E-state index contributed by atoms with van der Waals surface area (Å²) in [6, 6.07) is 6.93. The van der Waals surface area contributed by atoms with Crippen molar-refractivity contribution in [3.05, 3.63) is 29.8 Å². The highest BCUT2D eigenvalue weighted by atomic mass is 35.5. The third-order valence-corrected chi connectivity index (χ3v) is 3.46. The minimum Gasteiger partial charge on any atom is -0.358 e. The summed E-state index contributed by atoms with van der Waals surface area (Å²) < 4.78 is 36.6. The Morgan fingerprint density at radius 2 is 2.09 bits per heavy atom. The second-order valence-corrected chi connectivity index (χ2v) is 5.01. The number of halogens is 4. The summed E-state index contributed by atoms with van der Waals surface area (Å²) in [5.74, 6) is -0.621. The van der Waals surface area contributed by atoms with Gasteiger partial charge < -0.3 is 15.5 Å². The van der Waals surface area contributed by atoms with Crippen LogP contribution in [0.2, 0.25) is 0 Å². The number of hydrogen-bond donors (Lipinski definition) is 2. The molecule has 22 heavy (non-hydrogen) atoms. The molecule has 0 bridgehead atoms.